The molecule has 0 spiro atoms. The number of nitrogens with two attached hydrogens (primary N) is 1. The lowest BCUT2D eigenvalue weighted by atomic mass is 10.1. The van der Waals surface area contributed by atoms with Crippen LogP contribution in [-0.2, 0) is 18.8 Å². The van der Waals surface area contributed by atoms with Gasteiger partial charge in [0.15, 0.2) is 23.0 Å². The predicted molar refractivity (Wildman–Crippen MR) is 126 cm³/mol. The molecule has 4 heterocycles. The molecule has 4 atom stereocenters. The number of alkyl halides is 3. The third-order valence-electron chi connectivity index (χ3n) is 5.50. The summed E-state index contributed by atoms with van der Waals surface area (Å²) in [5, 5.41) is 11.5. The number of aromatic nitrogens is 4. The van der Waals surface area contributed by atoms with Crippen LogP contribution < -0.4 is 5.73 Å². The minimum absolute atomic E-state index is 0.00447. The van der Waals surface area contributed by atoms with Gasteiger partial charge in [0.1, 0.15) is 26.3 Å². The monoisotopic (exact) mass is 678 g/mol. The zero-order valence-corrected chi connectivity index (χ0v) is 22.9. The zero-order valence-electron chi connectivity index (χ0n) is 17.2. The minimum Gasteiger partial charge on any atom is -0.382 e. The molecule has 2 aliphatic heterocycles. The molecule has 0 radical (unpaired) electrons. The molecule has 2 aromatic rings. The van der Waals surface area contributed by atoms with Crippen LogP contribution in [0.25, 0.3) is 11.2 Å². The summed E-state index contributed by atoms with van der Waals surface area (Å²) in [5.74, 6) is -3.25. The van der Waals surface area contributed by atoms with Crippen molar-refractivity contribution in [3.63, 3.8) is 0 Å². The number of morpholine rings is 1. The Morgan fingerprint density at radius 2 is 2.09 bits per heavy atom. The number of aliphatic hydroxyl groups is 1. The highest BCUT2D eigenvalue weighted by Gasteiger charge is 2.56. The van der Waals surface area contributed by atoms with Crippen LogP contribution in [0.4, 0.5) is 5.82 Å². The van der Waals surface area contributed by atoms with Crippen molar-refractivity contribution < 1.29 is 33.7 Å². The average molecular weight is 681 g/mol. The van der Waals surface area contributed by atoms with Crippen LogP contribution in [0.15, 0.2) is 12.7 Å². The van der Waals surface area contributed by atoms with Gasteiger partial charge >= 0.3 is 7.75 Å². The van der Waals surface area contributed by atoms with Crippen molar-refractivity contribution in [1.82, 2.24) is 24.2 Å². The summed E-state index contributed by atoms with van der Waals surface area (Å²) < 4.78 is 31.6. The van der Waals surface area contributed by atoms with E-state index in [9.17, 15) is 19.5 Å². The Labute approximate surface area is 213 Å². The van der Waals surface area contributed by atoms with Crippen molar-refractivity contribution >= 4 is 72.5 Å². The number of hydrogen-bond donors (Lipinski definition) is 4. The van der Waals surface area contributed by atoms with Crippen molar-refractivity contribution in [3.05, 3.63) is 12.7 Å². The van der Waals surface area contributed by atoms with E-state index in [1.807, 2.05) is 0 Å². The average Bonchev–Trinajstić information content (AvgIpc) is 3.21. The van der Waals surface area contributed by atoms with E-state index < -0.39 is 33.8 Å². The lowest BCUT2D eigenvalue weighted by molar-refractivity contribution is -0.366. The van der Waals surface area contributed by atoms with Crippen molar-refractivity contribution in [2.75, 3.05) is 25.4 Å². The van der Waals surface area contributed by atoms with E-state index in [2.05, 4.69) is 62.7 Å². The molecule has 2 saturated heterocycles. The maximum Gasteiger partial charge on any atom is 0.403 e. The Kier molecular flexibility index (Phi) is 7.04. The molecule has 33 heavy (non-hydrogen) atoms. The number of fused-ring (bicyclic) bond motifs is 1. The molecular formula is C16H22Br3N6O7P. The fourth-order valence-electron chi connectivity index (χ4n) is 3.97. The number of hydrogen-bond acceptors (Lipinski definition) is 9. The van der Waals surface area contributed by atoms with Crippen molar-refractivity contribution in [1.29, 1.82) is 0 Å². The summed E-state index contributed by atoms with van der Waals surface area (Å²) in [6, 6.07) is 0. The van der Waals surface area contributed by atoms with Crippen LogP contribution in [0.1, 0.15) is 26.0 Å². The molecule has 0 aliphatic carbocycles. The minimum atomic E-state index is -4.58. The molecular weight excluding hydrogens is 659 g/mol. The van der Waals surface area contributed by atoms with E-state index in [0.29, 0.717) is 11.2 Å². The Bertz CT molecular complexity index is 1080. The molecule has 4 rings (SSSR count). The largest absolute Gasteiger partial charge is 0.403 e. The highest BCUT2D eigenvalue weighted by atomic mass is 80.0. The summed E-state index contributed by atoms with van der Waals surface area (Å²) in [6.45, 7) is 1.32. The van der Waals surface area contributed by atoms with Crippen LogP contribution >= 0.6 is 55.5 Å². The molecule has 0 amide bonds. The molecule has 13 nitrogen and oxygen atoms in total. The smallest absolute Gasteiger partial charge is 0.382 e. The van der Waals surface area contributed by atoms with Crippen molar-refractivity contribution in [2.24, 2.45) is 0 Å². The number of nitrogen functional groups attached to an aromatic ring is 1. The van der Waals surface area contributed by atoms with Gasteiger partial charge in [-0.15, -0.1) is 0 Å². The van der Waals surface area contributed by atoms with Crippen LogP contribution in [0.2, 0.25) is 0 Å². The first-order valence-corrected chi connectivity index (χ1v) is 13.7. The zero-order chi connectivity index (χ0) is 24.2. The van der Waals surface area contributed by atoms with Crippen molar-refractivity contribution in [3.8, 4) is 0 Å². The first-order chi connectivity index (χ1) is 15.2. The Morgan fingerprint density at radius 3 is 2.76 bits per heavy atom. The lowest BCUT2D eigenvalue weighted by Crippen LogP contribution is -2.59. The standard InChI is InChI=1S/C16H22Br3N6O7P/c1-9-15(26,4-10(31-9)25-8-23-11-12(20)21-7-22-13(11)25)32-14(5-16(17,18)19)6-24(2-3-30-14)33(27,28)29/h7-10,26H,2-6H2,1H3,(H2,20,21,22)(H2,27,28,29)/t9-,10-,14?,15-/m1/s1. The van der Waals surface area contributed by atoms with E-state index in [1.54, 1.807) is 11.5 Å². The summed E-state index contributed by atoms with van der Waals surface area (Å²) in [6.07, 6.45) is 1.25. The topological polar surface area (TPSA) is 178 Å². The Balaban J connectivity index is 1.63. The second kappa shape index (κ2) is 9.00. The molecule has 0 bridgehead atoms. The summed E-state index contributed by atoms with van der Waals surface area (Å²) >= 11 is 10.2. The summed E-state index contributed by atoms with van der Waals surface area (Å²) in [7, 11) is -4.58. The second-order valence-electron chi connectivity index (χ2n) is 7.92. The molecule has 5 N–H and O–H groups in total. The molecule has 2 fully saturated rings. The number of imidazole rings is 1. The highest BCUT2D eigenvalue weighted by molar-refractivity contribution is 9.39. The number of halogens is 3. The van der Waals surface area contributed by atoms with Crippen LogP contribution in [-0.4, -0.2) is 78.6 Å². The lowest BCUT2D eigenvalue weighted by Gasteiger charge is -2.47. The van der Waals surface area contributed by atoms with Gasteiger partial charge in [0.05, 0.1) is 19.5 Å². The second-order valence-corrected chi connectivity index (χ2v) is 16.8. The first-order valence-electron chi connectivity index (χ1n) is 9.74. The molecule has 2 aromatic heterocycles. The van der Waals surface area contributed by atoms with Crippen molar-refractivity contribution in [2.45, 2.75) is 45.8 Å². The van der Waals surface area contributed by atoms with E-state index in [4.69, 9.17) is 19.9 Å². The molecule has 184 valence electrons. The third kappa shape index (κ3) is 5.45. The highest BCUT2D eigenvalue weighted by Crippen LogP contribution is 2.51. The summed E-state index contributed by atoms with van der Waals surface area (Å²) in [4.78, 5) is 31.8. The maximum absolute atomic E-state index is 11.9. The predicted octanol–water partition coefficient (Wildman–Crippen LogP) is 1.77. The van der Waals surface area contributed by atoms with E-state index in [0.717, 1.165) is 4.67 Å². The number of nitrogens with zero attached hydrogens (tertiary/aromatic N) is 5. The Hall–Kier alpha value is -0.260. The molecule has 0 aromatic carbocycles. The fraction of sp³-hybridized carbons (Fsp3) is 0.688. The summed E-state index contributed by atoms with van der Waals surface area (Å²) in [5.41, 5.74) is 6.69. The van der Waals surface area contributed by atoms with Gasteiger partial charge in [-0.25, -0.2) is 24.2 Å². The van der Waals surface area contributed by atoms with Gasteiger partial charge in [-0.2, -0.15) is 0 Å². The normalized spacial score (nSPS) is 32.0. The van der Waals surface area contributed by atoms with Crippen LogP contribution in [0.3, 0.4) is 0 Å². The van der Waals surface area contributed by atoms with Gasteiger partial charge in [0.2, 0.25) is 0 Å². The van der Waals surface area contributed by atoms with Gasteiger partial charge in [-0.1, -0.05) is 47.8 Å². The molecule has 17 heteroatoms. The molecule has 0 saturated carbocycles. The molecule has 2 aliphatic rings. The first kappa shape index (κ1) is 25.8. The van der Waals surface area contributed by atoms with Gasteiger partial charge in [-0.05, 0) is 6.92 Å². The SMILES string of the molecule is C[C@H]1O[C@@H](n2cnc3c(N)ncnc32)C[C@@]1(O)OC1(CC(Br)(Br)Br)CN(P(=O)(O)O)CCO1. The van der Waals surface area contributed by atoms with Crippen LogP contribution in [0.5, 0.6) is 0 Å². The Morgan fingerprint density at radius 1 is 1.36 bits per heavy atom. The fourth-order valence-corrected chi connectivity index (χ4v) is 5.99. The van der Waals surface area contributed by atoms with Gasteiger partial charge < -0.3 is 34.8 Å². The van der Waals surface area contributed by atoms with E-state index in [-0.39, 0.29) is 38.4 Å². The van der Waals surface area contributed by atoms with Crippen LogP contribution in [0, 0.1) is 0 Å². The van der Waals surface area contributed by atoms with E-state index >= 15 is 0 Å². The van der Waals surface area contributed by atoms with Gasteiger partial charge in [0, 0.05) is 19.4 Å². The quantitative estimate of drug-likeness (QED) is 0.205. The van der Waals surface area contributed by atoms with E-state index in [1.165, 1.54) is 12.7 Å². The number of anilines is 1. The number of rotatable bonds is 5. The number of ether oxygens (including phenoxy) is 3. The third-order valence-corrected chi connectivity index (χ3v) is 7.42. The molecule has 1 unspecified atom stereocenters. The van der Waals surface area contributed by atoms with Gasteiger partial charge in [0.25, 0.3) is 0 Å². The maximum atomic E-state index is 11.9. The van der Waals surface area contributed by atoms with Gasteiger partial charge in [-0.3, -0.25) is 4.57 Å².